The van der Waals surface area contributed by atoms with E-state index < -0.39 is 15.8 Å². The second kappa shape index (κ2) is 5.75. The Morgan fingerprint density at radius 1 is 1.21 bits per heavy atom. The number of aryl methyl sites for hydroxylation is 1. The van der Waals surface area contributed by atoms with Gasteiger partial charge in [0.2, 0.25) is 11.9 Å². The maximum atomic E-state index is 11.5. The topological polar surface area (TPSA) is 134 Å². The van der Waals surface area contributed by atoms with Gasteiger partial charge in [-0.25, -0.2) is 4.99 Å². The highest BCUT2D eigenvalue weighted by molar-refractivity contribution is 7.85. The Kier molecular flexibility index (Phi) is 4.00. The van der Waals surface area contributed by atoms with Crippen LogP contribution < -0.4 is 16.4 Å². The number of hydrogen-bond acceptors (Lipinski definition) is 7. The third kappa shape index (κ3) is 2.84. The van der Waals surface area contributed by atoms with Crippen LogP contribution in [0.15, 0.2) is 33.1 Å². The van der Waals surface area contributed by atoms with Crippen LogP contribution in [0.2, 0.25) is 0 Å². The fourth-order valence-electron chi connectivity index (χ4n) is 3.46. The number of nitrogens with two attached hydrogens (primary N) is 2. The molecule has 1 saturated carbocycles. The van der Waals surface area contributed by atoms with E-state index in [1.165, 1.54) is 12.1 Å². The van der Waals surface area contributed by atoms with Crippen LogP contribution >= 0.6 is 0 Å². The summed E-state index contributed by atoms with van der Waals surface area (Å²) in [7, 11) is -4.32. The number of aliphatic imine (C=N–C) groups is 2. The highest BCUT2D eigenvalue weighted by Gasteiger charge is 2.43. The molecule has 3 rings (SSSR count). The SMILES string of the molecule is Cc1ccc(S(=O)(=O)O)cc1N1C(N)=NC(N)=NC12CCCCC2. The molecule has 1 heterocycles. The van der Waals surface area contributed by atoms with Crippen molar-refractivity contribution >= 4 is 27.7 Å². The summed E-state index contributed by atoms with van der Waals surface area (Å²) in [5.74, 6) is 0.314. The van der Waals surface area contributed by atoms with Crippen LogP contribution in [0.25, 0.3) is 0 Å². The third-order valence-electron chi connectivity index (χ3n) is 4.57. The third-order valence-corrected chi connectivity index (χ3v) is 5.42. The van der Waals surface area contributed by atoms with Crippen molar-refractivity contribution in [2.24, 2.45) is 21.5 Å². The predicted molar refractivity (Wildman–Crippen MR) is 92.5 cm³/mol. The average Bonchev–Trinajstić information content (AvgIpc) is 2.48. The van der Waals surface area contributed by atoms with E-state index in [1.807, 2.05) is 6.92 Å². The Balaban J connectivity index is 2.17. The van der Waals surface area contributed by atoms with Gasteiger partial charge in [0.05, 0.1) is 10.6 Å². The molecular weight excluding hydrogens is 330 g/mol. The fraction of sp³-hybridized carbons (Fsp3) is 0.467. The largest absolute Gasteiger partial charge is 0.369 e. The van der Waals surface area contributed by atoms with Crippen LogP contribution in [0.1, 0.15) is 37.7 Å². The summed E-state index contributed by atoms with van der Waals surface area (Å²) < 4.78 is 32.4. The number of nitrogens with zero attached hydrogens (tertiary/aromatic N) is 3. The van der Waals surface area contributed by atoms with Gasteiger partial charge in [0, 0.05) is 0 Å². The van der Waals surface area contributed by atoms with Crippen molar-refractivity contribution in [1.29, 1.82) is 0 Å². The molecule has 9 heteroatoms. The molecule has 0 aromatic heterocycles. The lowest BCUT2D eigenvalue weighted by Gasteiger charge is -2.46. The molecule has 0 unspecified atom stereocenters. The van der Waals surface area contributed by atoms with Crippen molar-refractivity contribution in [3.05, 3.63) is 23.8 Å². The van der Waals surface area contributed by atoms with E-state index in [0.29, 0.717) is 5.69 Å². The van der Waals surface area contributed by atoms with Crippen LogP contribution in [0.3, 0.4) is 0 Å². The molecule has 1 aliphatic carbocycles. The van der Waals surface area contributed by atoms with Gasteiger partial charge >= 0.3 is 0 Å². The first-order chi connectivity index (χ1) is 11.2. The summed E-state index contributed by atoms with van der Waals surface area (Å²) in [5.41, 5.74) is 12.7. The highest BCUT2D eigenvalue weighted by Crippen LogP contribution is 2.40. The molecule has 130 valence electrons. The van der Waals surface area contributed by atoms with E-state index in [4.69, 9.17) is 11.5 Å². The number of hydrogen-bond donors (Lipinski definition) is 3. The molecule has 0 amide bonds. The van der Waals surface area contributed by atoms with Gasteiger partial charge in [-0.15, -0.1) is 0 Å². The Morgan fingerprint density at radius 3 is 2.50 bits per heavy atom. The van der Waals surface area contributed by atoms with E-state index in [0.717, 1.165) is 37.7 Å². The summed E-state index contributed by atoms with van der Waals surface area (Å²) in [6.45, 7) is 1.84. The Morgan fingerprint density at radius 2 is 1.88 bits per heavy atom. The number of rotatable bonds is 2. The molecule has 0 radical (unpaired) electrons. The minimum Gasteiger partial charge on any atom is -0.369 e. The molecule has 1 fully saturated rings. The zero-order valence-electron chi connectivity index (χ0n) is 13.4. The van der Waals surface area contributed by atoms with E-state index in [-0.39, 0.29) is 16.8 Å². The lowest BCUT2D eigenvalue weighted by atomic mass is 9.87. The molecule has 2 aliphatic rings. The van der Waals surface area contributed by atoms with Crippen molar-refractivity contribution in [3.8, 4) is 0 Å². The smallest absolute Gasteiger partial charge is 0.294 e. The van der Waals surface area contributed by atoms with Gasteiger partial charge in [-0.3, -0.25) is 9.45 Å². The van der Waals surface area contributed by atoms with Crippen molar-refractivity contribution < 1.29 is 13.0 Å². The van der Waals surface area contributed by atoms with E-state index in [9.17, 15) is 13.0 Å². The summed E-state index contributed by atoms with van der Waals surface area (Å²) >= 11 is 0. The quantitative estimate of drug-likeness (QED) is 0.688. The molecule has 0 bridgehead atoms. The fourth-order valence-corrected chi connectivity index (χ4v) is 3.96. The van der Waals surface area contributed by atoms with E-state index >= 15 is 0 Å². The van der Waals surface area contributed by atoms with E-state index in [1.54, 1.807) is 11.0 Å². The van der Waals surface area contributed by atoms with Gasteiger partial charge in [-0.05, 0) is 50.3 Å². The summed E-state index contributed by atoms with van der Waals surface area (Å²) in [4.78, 5) is 10.2. The molecule has 1 spiro atoms. The van der Waals surface area contributed by atoms with Crippen LogP contribution in [0, 0.1) is 6.92 Å². The van der Waals surface area contributed by atoms with Gasteiger partial charge in [0.15, 0.2) is 0 Å². The Hall–Kier alpha value is -2.13. The maximum absolute atomic E-state index is 11.5. The maximum Gasteiger partial charge on any atom is 0.294 e. The van der Waals surface area contributed by atoms with Crippen molar-refractivity contribution in [1.82, 2.24) is 0 Å². The van der Waals surface area contributed by atoms with Crippen molar-refractivity contribution in [2.45, 2.75) is 49.6 Å². The summed E-state index contributed by atoms with van der Waals surface area (Å²) in [6, 6.07) is 4.39. The lowest BCUT2D eigenvalue weighted by molar-refractivity contribution is 0.305. The second-order valence-corrected chi connectivity index (χ2v) is 7.66. The minimum atomic E-state index is -4.32. The van der Waals surface area contributed by atoms with E-state index in [2.05, 4.69) is 9.98 Å². The van der Waals surface area contributed by atoms with Gasteiger partial charge in [-0.2, -0.15) is 13.4 Å². The standard InChI is InChI=1S/C15H21N5O3S/c1-10-5-6-11(24(21,22)23)9-12(10)20-14(17)18-13(16)19-15(20)7-3-2-4-8-15/h5-6,9H,2-4,7-8H2,1H3,(H,21,22,23)(H4,16,17,18,19). The number of benzene rings is 1. The first-order valence-electron chi connectivity index (χ1n) is 7.81. The molecule has 0 saturated heterocycles. The average molecular weight is 351 g/mol. The van der Waals surface area contributed by atoms with Gasteiger partial charge in [-0.1, -0.05) is 12.5 Å². The monoisotopic (exact) mass is 351 g/mol. The Bertz CT molecular complexity index is 826. The minimum absolute atomic E-state index is 0.134. The van der Waals surface area contributed by atoms with Crippen molar-refractivity contribution in [3.63, 3.8) is 0 Å². The lowest BCUT2D eigenvalue weighted by Crippen LogP contribution is -2.58. The second-order valence-electron chi connectivity index (χ2n) is 6.24. The van der Waals surface area contributed by atoms with Crippen LogP contribution in [0.5, 0.6) is 0 Å². The molecular formula is C15H21N5O3S. The molecule has 5 N–H and O–H groups in total. The first-order valence-corrected chi connectivity index (χ1v) is 9.25. The van der Waals surface area contributed by atoms with Gasteiger partial charge in [0.25, 0.3) is 10.1 Å². The number of guanidine groups is 2. The molecule has 1 aliphatic heterocycles. The number of anilines is 1. The predicted octanol–water partition coefficient (Wildman–Crippen LogP) is 1.35. The zero-order valence-corrected chi connectivity index (χ0v) is 14.3. The zero-order chi connectivity index (χ0) is 17.5. The molecule has 24 heavy (non-hydrogen) atoms. The van der Waals surface area contributed by atoms with Gasteiger partial charge in [0.1, 0.15) is 5.66 Å². The first kappa shape index (κ1) is 16.7. The summed E-state index contributed by atoms with van der Waals surface area (Å²) in [6.07, 6.45) is 4.54. The molecule has 0 atom stereocenters. The normalized spacial score (nSPS) is 20.7. The highest BCUT2D eigenvalue weighted by atomic mass is 32.2. The van der Waals surface area contributed by atoms with Crippen LogP contribution in [-0.4, -0.2) is 30.6 Å². The molecule has 8 nitrogen and oxygen atoms in total. The van der Waals surface area contributed by atoms with Crippen LogP contribution in [0.4, 0.5) is 5.69 Å². The van der Waals surface area contributed by atoms with Crippen molar-refractivity contribution in [2.75, 3.05) is 4.90 Å². The van der Waals surface area contributed by atoms with Gasteiger partial charge < -0.3 is 11.5 Å². The molecule has 1 aromatic rings. The molecule has 1 aromatic carbocycles. The summed E-state index contributed by atoms with van der Waals surface area (Å²) in [5, 5.41) is 0. The Labute approximate surface area is 141 Å². The van der Waals surface area contributed by atoms with Crippen LogP contribution in [-0.2, 0) is 10.1 Å².